The summed E-state index contributed by atoms with van der Waals surface area (Å²) in [4.78, 5) is 24.3. The fourth-order valence-electron chi connectivity index (χ4n) is 3.25. The average molecular weight is 641 g/mol. The number of nitriles is 1. The van der Waals surface area contributed by atoms with Crippen LogP contribution in [-0.4, -0.2) is 23.1 Å². The van der Waals surface area contributed by atoms with E-state index in [9.17, 15) is 9.59 Å². The van der Waals surface area contributed by atoms with Gasteiger partial charge in [0.15, 0.2) is 0 Å². The molecule has 0 N–H and O–H groups in total. The molecule has 4 aromatic rings. The SMILES string of the molecule is CC(C)(C)OC(=O)c1csc2c(Cl)ccc(Br)c12.CC(C)(C)OC(=O)c1csc2c(Cl)ccc(C#N)c12. The maximum atomic E-state index is 12.1. The van der Waals surface area contributed by atoms with Crippen LogP contribution in [0.3, 0.4) is 0 Å². The Kier molecular flexibility index (Phi) is 8.98. The first kappa shape index (κ1) is 29.4. The molecule has 0 aliphatic rings. The Labute approximate surface area is 242 Å². The van der Waals surface area contributed by atoms with Crippen LogP contribution >= 0.6 is 61.8 Å². The Morgan fingerprint density at radius 2 is 1.24 bits per heavy atom. The molecule has 0 saturated heterocycles. The number of carbonyl (C=O) groups excluding carboxylic acids is 2. The highest BCUT2D eigenvalue weighted by atomic mass is 79.9. The van der Waals surface area contributed by atoms with Crippen LogP contribution in [0.4, 0.5) is 0 Å². The summed E-state index contributed by atoms with van der Waals surface area (Å²) in [5.74, 6) is -0.755. The summed E-state index contributed by atoms with van der Waals surface area (Å²) in [5, 5.41) is 15.2. The van der Waals surface area contributed by atoms with Crippen molar-refractivity contribution in [2.75, 3.05) is 0 Å². The van der Waals surface area contributed by atoms with Gasteiger partial charge in [-0.2, -0.15) is 5.26 Å². The number of halogens is 3. The predicted molar refractivity (Wildman–Crippen MR) is 156 cm³/mol. The summed E-state index contributed by atoms with van der Waals surface area (Å²) < 4.78 is 13.2. The Balaban J connectivity index is 0.000000206. The van der Waals surface area contributed by atoms with Gasteiger partial charge in [0.05, 0.1) is 42.2 Å². The second-order valence-corrected chi connectivity index (χ2v) is 13.4. The molecule has 0 unspecified atom stereocenters. The van der Waals surface area contributed by atoms with Gasteiger partial charge < -0.3 is 9.47 Å². The van der Waals surface area contributed by atoms with Crippen molar-refractivity contribution >= 4 is 93.9 Å². The molecule has 0 atom stereocenters. The van der Waals surface area contributed by atoms with Crippen LogP contribution in [0.5, 0.6) is 0 Å². The zero-order valence-corrected chi connectivity index (χ0v) is 25.7. The van der Waals surface area contributed by atoms with Gasteiger partial charge in [0, 0.05) is 26.0 Å². The molecule has 5 nitrogen and oxygen atoms in total. The molecule has 0 radical (unpaired) electrons. The van der Waals surface area contributed by atoms with Crippen molar-refractivity contribution in [2.45, 2.75) is 52.7 Å². The summed E-state index contributed by atoms with van der Waals surface area (Å²) in [6.45, 7) is 11.0. The highest BCUT2D eigenvalue weighted by Gasteiger charge is 2.24. The third kappa shape index (κ3) is 7.04. The molecule has 37 heavy (non-hydrogen) atoms. The summed E-state index contributed by atoms with van der Waals surface area (Å²) in [6, 6.07) is 9.01. The first-order valence-electron chi connectivity index (χ1n) is 11.0. The maximum absolute atomic E-state index is 12.1. The van der Waals surface area contributed by atoms with Gasteiger partial charge in [0.25, 0.3) is 0 Å². The van der Waals surface area contributed by atoms with Gasteiger partial charge in [-0.05, 0) is 65.8 Å². The zero-order valence-electron chi connectivity index (χ0n) is 21.0. The smallest absolute Gasteiger partial charge is 0.340 e. The lowest BCUT2D eigenvalue weighted by molar-refractivity contribution is 0.00597. The largest absolute Gasteiger partial charge is 0.456 e. The lowest BCUT2D eigenvalue weighted by atomic mass is 10.1. The molecular formula is C27H24BrCl2NO4S2. The van der Waals surface area contributed by atoms with E-state index in [4.69, 9.17) is 37.9 Å². The van der Waals surface area contributed by atoms with E-state index >= 15 is 0 Å². The van der Waals surface area contributed by atoms with E-state index in [1.54, 1.807) is 43.7 Å². The number of hydrogen-bond donors (Lipinski definition) is 0. The first-order valence-corrected chi connectivity index (χ1v) is 14.4. The highest BCUT2D eigenvalue weighted by Crippen LogP contribution is 2.38. The summed E-state index contributed by atoms with van der Waals surface area (Å²) in [7, 11) is 0. The van der Waals surface area contributed by atoms with Crippen LogP contribution < -0.4 is 0 Å². The number of ether oxygens (including phenoxy) is 2. The molecule has 0 spiro atoms. The van der Waals surface area contributed by atoms with Crippen LogP contribution in [-0.2, 0) is 9.47 Å². The minimum Gasteiger partial charge on any atom is -0.456 e. The van der Waals surface area contributed by atoms with Gasteiger partial charge in [-0.1, -0.05) is 39.1 Å². The fourth-order valence-corrected chi connectivity index (χ4v) is 6.45. The van der Waals surface area contributed by atoms with Crippen LogP contribution in [0.2, 0.25) is 10.0 Å². The second kappa shape index (κ2) is 11.3. The Morgan fingerprint density at radius 3 is 1.70 bits per heavy atom. The minimum atomic E-state index is -0.573. The fraction of sp³-hybridized carbons (Fsp3) is 0.296. The molecule has 2 aromatic carbocycles. The average Bonchev–Trinajstić information content (AvgIpc) is 3.41. The van der Waals surface area contributed by atoms with Crippen molar-refractivity contribution in [3.8, 4) is 6.07 Å². The molecule has 0 amide bonds. The third-order valence-corrected chi connectivity index (χ3v) is 8.20. The third-order valence-electron chi connectivity index (χ3n) is 4.65. The molecule has 0 fully saturated rings. The molecule has 0 aliphatic heterocycles. The number of nitrogens with zero attached hydrogens (tertiary/aromatic N) is 1. The van der Waals surface area contributed by atoms with Gasteiger partial charge in [-0.3, -0.25) is 0 Å². The number of fused-ring (bicyclic) bond motifs is 2. The topological polar surface area (TPSA) is 76.4 Å². The van der Waals surface area contributed by atoms with E-state index < -0.39 is 17.2 Å². The number of rotatable bonds is 2. The first-order chi connectivity index (χ1) is 17.1. The Morgan fingerprint density at radius 1 is 0.811 bits per heavy atom. The van der Waals surface area contributed by atoms with Crippen LogP contribution in [0.15, 0.2) is 39.5 Å². The van der Waals surface area contributed by atoms with E-state index in [1.807, 2.05) is 32.9 Å². The molecule has 10 heteroatoms. The highest BCUT2D eigenvalue weighted by molar-refractivity contribution is 9.10. The second-order valence-electron chi connectivity index (χ2n) is 9.95. The zero-order chi connectivity index (χ0) is 27.7. The standard InChI is InChI=1S/C14H12ClNO2S.C13H12BrClO2S/c1-14(2,3)18-13(17)9-7-19-12-10(15)5-4-8(6-16)11(9)12;1-13(2,3)17-12(16)7-6-18-11-9(15)5-4-8(14)10(7)11/h4-5,7H,1-3H3;4-6H,1-3H3. The molecular weight excluding hydrogens is 617 g/mol. The van der Waals surface area contributed by atoms with E-state index in [1.165, 1.54) is 22.7 Å². The van der Waals surface area contributed by atoms with E-state index in [-0.39, 0.29) is 5.97 Å². The molecule has 4 rings (SSSR count). The van der Waals surface area contributed by atoms with Crippen molar-refractivity contribution in [3.05, 3.63) is 66.2 Å². The number of carbonyl (C=O) groups is 2. The van der Waals surface area contributed by atoms with Gasteiger partial charge in [0.2, 0.25) is 0 Å². The predicted octanol–water partition coefficient (Wildman–Crippen LogP) is 9.65. The van der Waals surface area contributed by atoms with Crippen LogP contribution in [0.25, 0.3) is 20.2 Å². The van der Waals surface area contributed by atoms with Gasteiger partial charge >= 0.3 is 11.9 Å². The molecule has 194 valence electrons. The molecule has 2 heterocycles. The quantitative estimate of drug-likeness (QED) is 0.204. The summed E-state index contributed by atoms with van der Waals surface area (Å²) in [6.07, 6.45) is 0. The number of hydrogen-bond acceptors (Lipinski definition) is 7. The van der Waals surface area contributed by atoms with Crippen LogP contribution in [0.1, 0.15) is 67.8 Å². The molecule has 0 bridgehead atoms. The molecule has 0 aliphatic carbocycles. The molecule has 2 aromatic heterocycles. The van der Waals surface area contributed by atoms with Crippen LogP contribution in [0, 0.1) is 11.3 Å². The van der Waals surface area contributed by atoms with E-state index in [0.717, 1.165) is 19.3 Å². The number of esters is 2. The Hall–Kier alpha value is -2.15. The summed E-state index contributed by atoms with van der Waals surface area (Å²) >= 11 is 18.4. The minimum absolute atomic E-state index is 0.322. The monoisotopic (exact) mass is 639 g/mol. The van der Waals surface area contributed by atoms with Crippen molar-refractivity contribution < 1.29 is 19.1 Å². The normalized spacial score (nSPS) is 11.6. The van der Waals surface area contributed by atoms with Gasteiger partial charge in [0.1, 0.15) is 11.2 Å². The van der Waals surface area contributed by atoms with Crippen molar-refractivity contribution in [2.24, 2.45) is 0 Å². The number of thiophene rings is 2. The number of benzene rings is 2. The van der Waals surface area contributed by atoms with Gasteiger partial charge in [-0.25, -0.2) is 9.59 Å². The molecule has 0 saturated carbocycles. The van der Waals surface area contributed by atoms with Crippen molar-refractivity contribution in [1.29, 1.82) is 5.26 Å². The Bertz CT molecular complexity index is 1540. The lowest BCUT2D eigenvalue weighted by Gasteiger charge is -2.19. The van der Waals surface area contributed by atoms with E-state index in [0.29, 0.717) is 32.1 Å². The lowest BCUT2D eigenvalue weighted by Crippen LogP contribution is -2.23. The van der Waals surface area contributed by atoms with Crippen molar-refractivity contribution in [3.63, 3.8) is 0 Å². The van der Waals surface area contributed by atoms with Gasteiger partial charge in [-0.15, -0.1) is 22.7 Å². The maximum Gasteiger partial charge on any atom is 0.340 e. The van der Waals surface area contributed by atoms with E-state index in [2.05, 4.69) is 22.0 Å². The van der Waals surface area contributed by atoms with Crippen molar-refractivity contribution in [1.82, 2.24) is 0 Å². The summed E-state index contributed by atoms with van der Waals surface area (Å²) in [5.41, 5.74) is 0.308.